The van der Waals surface area contributed by atoms with E-state index in [-0.39, 0.29) is 17.6 Å². The van der Waals surface area contributed by atoms with Gasteiger partial charge in [-0.15, -0.1) is 0 Å². The Labute approximate surface area is 72.4 Å². The summed E-state index contributed by atoms with van der Waals surface area (Å²) >= 11 is 1.61. The lowest BCUT2D eigenvalue weighted by atomic mass is 10.2. The Kier molecular flexibility index (Phi) is 5.60. The van der Waals surface area contributed by atoms with Crippen LogP contribution in [0.4, 0.5) is 0 Å². The largest absolute Gasteiger partial charge is 0.396 e. The van der Waals surface area contributed by atoms with E-state index >= 15 is 0 Å². The van der Waals surface area contributed by atoms with Crippen LogP contribution in [0.15, 0.2) is 0 Å². The summed E-state index contributed by atoms with van der Waals surface area (Å²) in [6.07, 6.45) is 0. The third kappa shape index (κ3) is 5.27. The van der Waals surface area contributed by atoms with Crippen LogP contribution in [0, 0.1) is 5.92 Å². The van der Waals surface area contributed by atoms with E-state index in [1.54, 1.807) is 18.7 Å². The molecule has 3 heteroatoms. The van der Waals surface area contributed by atoms with E-state index in [0.717, 1.165) is 5.75 Å². The maximum atomic E-state index is 10.8. The van der Waals surface area contributed by atoms with Crippen molar-refractivity contribution in [1.29, 1.82) is 0 Å². The molecule has 0 spiro atoms. The van der Waals surface area contributed by atoms with E-state index < -0.39 is 0 Å². The van der Waals surface area contributed by atoms with E-state index in [1.165, 1.54) is 0 Å². The van der Waals surface area contributed by atoms with Gasteiger partial charge in [0.05, 0.1) is 5.25 Å². The first-order valence-electron chi connectivity index (χ1n) is 3.80. The maximum Gasteiger partial charge on any atom is 0.142 e. The summed E-state index contributed by atoms with van der Waals surface area (Å²) in [6, 6.07) is 0. The Balaban J connectivity index is 3.45. The third-order valence-corrected chi connectivity index (χ3v) is 3.11. The van der Waals surface area contributed by atoms with Crippen LogP contribution < -0.4 is 0 Å². The Morgan fingerprint density at radius 2 is 2.09 bits per heavy atom. The summed E-state index contributed by atoms with van der Waals surface area (Å²) in [7, 11) is 0. The molecule has 0 fully saturated rings. The maximum absolute atomic E-state index is 10.8. The monoisotopic (exact) mass is 176 g/mol. The topological polar surface area (TPSA) is 37.3 Å². The van der Waals surface area contributed by atoms with Crippen LogP contribution in [0.5, 0.6) is 0 Å². The lowest BCUT2D eigenvalue weighted by Gasteiger charge is -2.10. The van der Waals surface area contributed by atoms with Gasteiger partial charge in [-0.1, -0.05) is 6.92 Å². The van der Waals surface area contributed by atoms with Gasteiger partial charge in [-0.3, -0.25) is 4.79 Å². The first kappa shape index (κ1) is 11.0. The summed E-state index contributed by atoms with van der Waals surface area (Å²) in [4.78, 5) is 10.8. The van der Waals surface area contributed by atoms with Crippen LogP contribution in [0.1, 0.15) is 20.8 Å². The van der Waals surface area contributed by atoms with Gasteiger partial charge in [0.25, 0.3) is 0 Å². The standard InChI is InChI=1S/C8H16O2S/c1-6(4-9)5-11-8(3)7(2)10/h6,8-9H,4-5H2,1-3H3. The zero-order chi connectivity index (χ0) is 8.85. The predicted octanol–water partition coefficient (Wildman–Crippen LogP) is 1.33. The van der Waals surface area contributed by atoms with E-state index in [0.29, 0.717) is 5.92 Å². The molecule has 0 aromatic heterocycles. The molecule has 0 rings (SSSR count). The molecule has 11 heavy (non-hydrogen) atoms. The molecule has 0 aromatic rings. The second-order valence-corrected chi connectivity index (χ2v) is 4.25. The van der Waals surface area contributed by atoms with Crippen LogP contribution in [-0.2, 0) is 4.79 Å². The highest BCUT2D eigenvalue weighted by Gasteiger charge is 2.09. The van der Waals surface area contributed by atoms with Crippen LogP contribution in [0.3, 0.4) is 0 Å². The van der Waals surface area contributed by atoms with Crippen LogP contribution in [-0.4, -0.2) is 28.5 Å². The molecule has 0 radical (unpaired) electrons. The average molecular weight is 176 g/mol. The number of thioether (sulfide) groups is 1. The van der Waals surface area contributed by atoms with Crippen molar-refractivity contribution in [1.82, 2.24) is 0 Å². The number of hydrogen-bond acceptors (Lipinski definition) is 3. The van der Waals surface area contributed by atoms with Crippen molar-refractivity contribution in [2.45, 2.75) is 26.0 Å². The lowest BCUT2D eigenvalue weighted by Crippen LogP contribution is -2.12. The Morgan fingerprint density at radius 1 is 1.55 bits per heavy atom. The lowest BCUT2D eigenvalue weighted by molar-refractivity contribution is -0.116. The molecule has 0 saturated heterocycles. The van der Waals surface area contributed by atoms with Gasteiger partial charge in [-0.05, 0) is 25.5 Å². The molecule has 0 bridgehead atoms. The van der Waals surface area contributed by atoms with Gasteiger partial charge in [0.1, 0.15) is 5.78 Å². The van der Waals surface area contributed by atoms with Gasteiger partial charge >= 0.3 is 0 Å². The Hall–Kier alpha value is -0.0200. The van der Waals surface area contributed by atoms with Crippen LogP contribution in [0.25, 0.3) is 0 Å². The minimum atomic E-state index is 0.0731. The highest BCUT2D eigenvalue weighted by atomic mass is 32.2. The van der Waals surface area contributed by atoms with Crippen molar-refractivity contribution in [3.63, 3.8) is 0 Å². The molecule has 2 unspecified atom stereocenters. The Bertz CT molecular complexity index is 125. The van der Waals surface area contributed by atoms with E-state index in [4.69, 9.17) is 5.11 Å². The van der Waals surface area contributed by atoms with Crippen LogP contribution in [0.2, 0.25) is 0 Å². The van der Waals surface area contributed by atoms with Crippen molar-refractivity contribution >= 4 is 17.5 Å². The van der Waals surface area contributed by atoms with E-state index in [2.05, 4.69) is 0 Å². The third-order valence-electron chi connectivity index (χ3n) is 1.51. The number of aliphatic hydroxyl groups is 1. The molecular formula is C8H16O2S. The smallest absolute Gasteiger partial charge is 0.142 e. The highest BCUT2D eigenvalue weighted by Crippen LogP contribution is 2.14. The number of carbonyl (C=O) groups is 1. The average Bonchev–Trinajstić information content (AvgIpc) is 1.99. The summed E-state index contributed by atoms with van der Waals surface area (Å²) in [5, 5.41) is 8.76. The first-order valence-corrected chi connectivity index (χ1v) is 4.85. The van der Waals surface area contributed by atoms with Crippen molar-refractivity contribution in [2.75, 3.05) is 12.4 Å². The summed E-state index contributed by atoms with van der Waals surface area (Å²) in [5.41, 5.74) is 0. The Morgan fingerprint density at radius 3 is 2.45 bits per heavy atom. The van der Waals surface area contributed by atoms with Gasteiger partial charge in [0.15, 0.2) is 0 Å². The minimum Gasteiger partial charge on any atom is -0.396 e. The summed E-state index contributed by atoms with van der Waals surface area (Å²) in [6.45, 7) is 5.68. The minimum absolute atomic E-state index is 0.0731. The van der Waals surface area contributed by atoms with Crippen LogP contribution >= 0.6 is 11.8 Å². The van der Waals surface area contributed by atoms with E-state index in [9.17, 15) is 4.79 Å². The fraction of sp³-hybridized carbons (Fsp3) is 0.875. The van der Waals surface area contributed by atoms with Crippen molar-refractivity contribution in [3.8, 4) is 0 Å². The molecule has 2 atom stereocenters. The summed E-state index contributed by atoms with van der Waals surface area (Å²) in [5.74, 6) is 1.36. The van der Waals surface area contributed by atoms with Crippen molar-refractivity contribution in [3.05, 3.63) is 0 Å². The van der Waals surface area contributed by atoms with Crippen molar-refractivity contribution < 1.29 is 9.90 Å². The van der Waals surface area contributed by atoms with Crippen molar-refractivity contribution in [2.24, 2.45) is 5.92 Å². The van der Waals surface area contributed by atoms with Gasteiger partial charge < -0.3 is 5.11 Å². The molecule has 0 amide bonds. The fourth-order valence-electron chi connectivity index (χ4n) is 0.479. The normalized spacial score (nSPS) is 16.0. The van der Waals surface area contributed by atoms with E-state index in [1.807, 2.05) is 13.8 Å². The molecule has 66 valence electrons. The van der Waals surface area contributed by atoms with Gasteiger partial charge in [0.2, 0.25) is 0 Å². The zero-order valence-electron chi connectivity index (χ0n) is 7.33. The quantitative estimate of drug-likeness (QED) is 0.686. The molecule has 0 aromatic carbocycles. The second-order valence-electron chi connectivity index (χ2n) is 2.87. The number of aliphatic hydroxyl groups excluding tert-OH is 1. The number of carbonyl (C=O) groups excluding carboxylic acids is 1. The molecule has 0 aliphatic carbocycles. The predicted molar refractivity (Wildman–Crippen MR) is 48.9 cm³/mol. The highest BCUT2D eigenvalue weighted by molar-refractivity contribution is 8.00. The molecule has 0 saturated carbocycles. The molecule has 0 heterocycles. The molecule has 0 aliphatic heterocycles. The van der Waals surface area contributed by atoms with Gasteiger partial charge in [0, 0.05) is 6.61 Å². The van der Waals surface area contributed by atoms with Gasteiger partial charge in [-0.25, -0.2) is 0 Å². The molecule has 0 aliphatic rings. The summed E-state index contributed by atoms with van der Waals surface area (Å²) < 4.78 is 0. The number of rotatable bonds is 5. The number of hydrogen-bond donors (Lipinski definition) is 1. The second kappa shape index (κ2) is 5.61. The first-order chi connectivity index (χ1) is 5.07. The molecule has 2 nitrogen and oxygen atoms in total. The molecule has 1 N–H and O–H groups in total. The zero-order valence-corrected chi connectivity index (χ0v) is 8.15. The van der Waals surface area contributed by atoms with Gasteiger partial charge in [-0.2, -0.15) is 11.8 Å². The SMILES string of the molecule is CC(=O)C(C)SCC(C)CO. The number of Topliss-reactive ketones (excluding diaryl/α,β-unsaturated/α-hetero) is 1. The number of ketones is 1. The fourth-order valence-corrected chi connectivity index (χ4v) is 1.44. The molecular weight excluding hydrogens is 160 g/mol.